The zero-order valence-corrected chi connectivity index (χ0v) is 19.9. The first kappa shape index (κ1) is 23.0. The number of hydrogen-bond donors (Lipinski definition) is 1. The topological polar surface area (TPSA) is 73.6 Å². The van der Waals surface area contributed by atoms with Gasteiger partial charge in [0.1, 0.15) is 23.1 Å². The molecule has 1 heterocycles. The monoisotopic (exact) mass is 470 g/mol. The van der Waals surface area contributed by atoms with E-state index < -0.39 is 5.97 Å². The first-order chi connectivity index (χ1) is 17.1. The Balaban J connectivity index is 1.46. The van der Waals surface area contributed by atoms with Crippen LogP contribution in [0.4, 0.5) is 0 Å². The van der Waals surface area contributed by atoms with Crippen molar-refractivity contribution in [3.8, 4) is 28.6 Å². The lowest BCUT2D eigenvalue weighted by atomic mass is 9.95. The molecule has 1 N–H and O–H groups in total. The zero-order chi connectivity index (χ0) is 24.2. The van der Waals surface area contributed by atoms with Crippen LogP contribution in [-0.4, -0.2) is 27.2 Å². The summed E-state index contributed by atoms with van der Waals surface area (Å²) in [6.07, 6.45) is 6.83. The number of carboxylic acids is 1. The molecule has 0 amide bonds. The van der Waals surface area contributed by atoms with E-state index in [1.165, 1.54) is 19.3 Å². The summed E-state index contributed by atoms with van der Waals surface area (Å²) in [7, 11) is 0. The van der Waals surface area contributed by atoms with Gasteiger partial charge in [0.2, 0.25) is 0 Å². The van der Waals surface area contributed by atoms with Crippen molar-refractivity contribution in [1.29, 1.82) is 0 Å². The smallest absolute Gasteiger partial charge is 0.335 e. The van der Waals surface area contributed by atoms with Crippen LogP contribution < -0.4 is 9.47 Å². The lowest BCUT2D eigenvalue weighted by Crippen LogP contribution is -2.14. The van der Waals surface area contributed by atoms with Crippen LogP contribution in [0.15, 0.2) is 66.7 Å². The van der Waals surface area contributed by atoms with E-state index in [0.717, 1.165) is 58.9 Å². The van der Waals surface area contributed by atoms with Gasteiger partial charge in [0, 0.05) is 17.7 Å². The van der Waals surface area contributed by atoms with Crippen LogP contribution in [0.1, 0.15) is 61.8 Å². The first-order valence-electron chi connectivity index (χ1n) is 12.4. The quantitative estimate of drug-likeness (QED) is 0.289. The predicted molar refractivity (Wildman–Crippen MR) is 137 cm³/mol. The molecule has 0 radical (unpaired) electrons. The number of fused-ring (bicyclic) bond motifs is 1. The molecule has 0 spiro atoms. The molecule has 0 bridgehead atoms. The highest BCUT2D eigenvalue weighted by Crippen LogP contribution is 2.37. The maximum Gasteiger partial charge on any atom is 0.335 e. The van der Waals surface area contributed by atoms with Gasteiger partial charge in [-0.3, -0.25) is 0 Å². The molecule has 6 nitrogen and oxygen atoms in total. The van der Waals surface area contributed by atoms with Crippen LogP contribution in [0.3, 0.4) is 0 Å². The average Bonchev–Trinajstić information content (AvgIpc) is 3.27. The fraction of sp³-hybridized carbons (Fsp3) is 0.310. The summed E-state index contributed by atoms with van der Waals surface area (Å²) >= 11 is 0. The summed E-state index contributed by atoms with van der Waals surface area (Å²) in [5.74, 6) is 2.18. The molecule has 6 heteroatoms. The zero-order valence-electron chi connectivity index (χ0n) is 19.9. The number of carboxylic acid groups (broad SMARTS) is 1. The third kappa shape index (κ3) is 5.02. The Morgan fingerprint density at radius 3 is 2.49 bits per heavy atom. The van der Waals surface area contributed by atoms with Gasteiger partial charge in [-0.2, -0.15) is 0 Å². The SMILES string of the molecule is CCCOc1cccc(Oc2ccc(-c3nc4cc(C(=O)O)ccc4n3C3CCCCC3)cc2)c1. The minimum absolute atomic E-state index is 0.256. The molecule has 1 aromatic heterocycles. The molecular weight excluding hydrogens is 440 g/mol. The normalized spacial score (nSPS) is 14.2. The van der Waals surface area contributed by atoms with Gasteiger partial charge >= 0.3 is 5.97 Å². The summed E-state index contributed by atoms with van der Waals surface area (Å²) in [4.78, 5) is 16.4. The van der Waals surface area contributed by atoms with E-state index in [4.69, 9.17) is 14.5 Å². The van der Waals surface area contributed by atoms with Crippen LogP contribution in [0.25, 0.3) is 22.4 Å². The number of benzene rings is 3. The highest BCUT2D eigenvalue weighted by atomic mass is 16.5. The van der Waals surface area contributed by atoms with Gasteiger partial charge in [-0.25, -0.2) is 9.78 Å². The number of hydrogen-bond acceptors (Lipinski definition) is 4. The third-order valence-corrected chi connectivity index (χ3v) is 6.50. The van der Waals surface area contributed by atoms with E-state index in [1.54, 1.807) is 12.1 Å². The van der Waals surface area contributed by atoms with Crippen LogP contribution in [-0.2, 0) is 0 Å². The number of aromatic carboxylic acids is 1. The summed E-state index contributed by atoms with van der Waals surface area (Å²) in [6, 6.07) is 21.2. The minimum Gasteiger partial charge on any atom is -0.493 e. The first-order valence-corrected chi connectivity index (χ1v) is 12.4. The largest absolute Gasteiger partial charge is 0.493 e. The molecule has 3 aromatic carbocycles. The van der Waals surface area contributed by atoms with Crippen molar-refractivity contribution < 1.29 is 19.4 Å². The molecule has 0 atom stereocenters. The highest BCUT2D eigenvalue weighted by Gasteiger charge is 2.23. The molecule has 0 saturated heterocycles. The maximum atomic E-state index is 11.5. The van der Waals surface area contributed by atoms with Crippen molar-refractivity contribution in [2.75, 3.05) is 6.61 Å². The summed E-state index contributed by atoms with van der Waals surface area (Å²) in [5.41, 5.74) is 2.94. The molecule has 35 heavy (non-hydrogen) atoms. The van der Waals surface area contributed by atoms with Crippen molar-refractivity contribution in [2.45, 2.75) is 51.5 Å². The molecule has 1 fully saturated rings. The van der Waals surface area contributed by atoms with Gasteiger partial charge in [0.15, 0.2) is 0 Å². The van der Waals surface area contributed by atoms with E-state index in [0.29, 0.717) is 12.6 Å². The predicted octanol–water partition coefficient (Wildman–Crippen LogP) is 7.49. The van der Waals surface area contributed by atoms with Crippen molar-refractivity contribution >= 4 is 17.0 Å². The molecule has 1 aliphatic rings. The van der Waals surface area contributed by atoms with Gasteiger partial charge in [-0.05, 0) is 73.9 Å². The number of imidazole rings is 1. The van der Waals surface area contributed by atoms with Gasteiger partial charge in [-0.1, -0.05) is 32.3 Å². The molecule has 0 aliphatic heterocycles. The number of carbonyl (C=O) groups is 1. The highest BCUT2D eigenvalue weighted by molar-refractivity contribution is 5.93. The van der Waals surface area contributed by atoms with Gasteiger partial charge in [-0.15, -0.1) is 0 Å². The van der Waals surface area contributed by atoms with Gasteiger partial charge in [0.05, 0.1) is 23.2 Å². The maximum absolute atomic E-state index is 11.5. The second kappa shape index (κ2) is 10.2. The molecule has 0 unspecified atom stereocenters. The molecule has 1 aliphatic carbocycles. The minimum atomic E-state index is -0.939. The van der Waals surface area contributed by atoms with Crippen LogP contribution in [0, 0.1) is 0 Å². The molecular formula is C29H30N2O4. The number of aromatic nitrogens is 2. The summed E-state index contributed by atoms with van der Waals surface area (Å²) in [5, 5.41) is 9.44. The van der Waals surface area contributed by atoms with Crippen LogP contribution in [0.5, 0.6) is 17.2 Å². The molecule has 4 aromatic rings. The van der Waals surface area contributed by atoms with Gasteiger partial charge in [0.25, 0.3) is 0 Å². The molecule has 180 valence electrons. The lowest BCUT2D eigenvalue weighted by molar-refractivity contribution is 0.0697. The van der Waals surface area contributed by atoms with E-state index in [2.05, 4.69) is 11.5 Å². The van der Waals surface area contributed by atoms with E-state index in [-0.39, 0.29) is 5.56 Å². The Bertz CT molecular complexity index is 1320. The summed E-state index contributed by atoms with van der Waals surface area (Å²) in [6.45, 7) is 2.75. The van der Waals surface area contributed by atoms with Crippen molar-refractivity contribution in [1.82, 2.24) is 9.55 Å². The second-order valence-corrected chi connectivity index (χ2v) is 9.06. The number of nitrogens with zero attached hydrogens (tertiary/aromatic N) is 2. The standard InChI is InChI=1S/C29H30N2O4/c1-2-17-34-24-9-6-10-25(19-24)35-23-14-11-20(12-15-23)28-30-26-18-21(29(32)33)13-16-27(26)31(28)22-7-4-3-5-8-22/h6,9-16,18-19,22H,2-5,7-8,17H2,1H3,(H,32,33). The second-order valence-electron chi connectivity index (χ2n) is 9.06. The molecule has 1 saturated carbocycles. The summed E-state index contributed by atoms with van der Waals surface area (Å²) < 4.78 is 14.1. The van der Waals surface area contributed by atoms with Crippen LogP contribution in [0.2, 0.25) is 0 Å². The third-order valence-electron chi connectivity index (χ3n) is 6.50. The van der Waals surface area contributed by atoms with E-state index >= 15 is 0 Å². The Morgan fingerprint density at radius 1 is 0.971 bits per heavy atom. The van der Waals surface area contributed by atoms with Crippen molar-refractivity contribution in [2.24, 2.45) is 0 Å². The Hall–Kier alpha value is -3.80. The Morgan fingerprint density at radius 2 is 1.74 bits per heavy atom. The van der Waals surface area contributed by atoms with E-state index in [9.17, 15) is 9.90 Å². The lowest BCUT2D eigenvalue weighted by Gasteiger charge is -2.25. The van der Waals surface area contributed by atoms with Gasteiger partial charge < -0.3 is 19.1 Å². The van der Waals surface area contributed by atoms with E-state index in [1.807, 2.05) is 54.6 Å². The van der Waals surface area contributed by atoms with Crippen LogP contribution >= 0.6 is 0 Å². The fourth-order valence-electron chi connectivity index (χ4n) is 4.80. The van der Waals surface area contributed by atoms with Crippen molar-refractivity contribution in [3.05, 3.63) is 72.3 Å². The Labute approximate surface area is 205 Å². The average molecular weight is 471 g/mol. The van der Waals surface area contributed by atoms with Crippen molar-refractivity contribution in [3.63, 3.8) is 0 Å². The fourth-order valence-corrected chi connectivity index (χ4v) is 4.80. The number of ether oxygens (including phenoxy) is 2. The molecule has 5 rings (SSSR count). The Kier molecular flexibility index (Phi) is 6.70. The number of rotatable bonds is 8.